The Bertz CT molecular complexity index is 1070. The predicted octanol–water partition coefficient (Wildman–Crippen LogP) is 2.65. The van der Waals surface area contributed by atoms with Gasteiger partial charge in [0.15, 0.2) is 5.82 Å². The van der Waals surface area contributed by atoms with Gasteiger partial charge in [-0.1, -0.05) is 18.2 Å². The molecular formula is C19H19FN6O. The zero-order chi connectivity index (χ0) is 19.3. The van der Waals surface area contributed by atoms with Gasteiger partial charge in [0, 0.05) is 11.3 Å². The van der Waals surface area contributed by atoms with E-state index < -0.39 is 5.41 Å². The zero-order valence-corrected chi connectivity index (χ0v) is 15.2. The first kappa shape index (κ1) is 17.1. The number of carbonyl (C=O) groups excluding carboxylic acids is 1. The maximum absolute atomic E-state index is 13.9. The van der Waals surface area contributed by atoms with E-state index in [1.165, 1.54) is 6.07 Å². The van der Waals surface area contributed by atoms with E-state index in [0.717, 1.165) is 5.69 Å². The highest BCUT2D eigenvalue weighted by molar-refractivity contribution is 6.06. The molecule has 2 aromatic heterocycles. The number of hydrogen-bond acceptors (Lipinski definition) is 5. The minimum Gasteiger partial charge on any atom is -0.383 e. The fraction of sp³-hybridized carbons (Fsp3) is 0.263. The molecule has 1 aliphatic heterocycles. The van der Waals surface area contributed by atoms with Crippen LogP contribution in [0.3, 0.4) is 0 Å². The molecule has 7 nitrogen and oxygen atoms in total. The van der Waals surface area contributed by atoms with Crippen molar-refractivity contribution in [2.45, 2.75) is 32.7 Å². The van der Waals surface area contributed by atoms with Crippen LogP contribution in [-0.2, 0) is 16.8 Å². The first-order valence-corrected chi connectivity index (χ1v) is 8.55. The lowest BCUT2D eigenvalue weighted by Gasteiger charge is -2.15. The number of aryl methyl sites for hydroxylation is 1. The van der Waals surface area contributed by atoms with Crippen molar-refractivity contribution in [3.05, 3.63) is 53.0 Å². The normalized spacial score (nSPS) is 14.9. The minimum atomic E-state index is -0.780. The summed E-state index contributed by atoms with van der Waals surface area (Å²) in [5.74, 6) is 0.530. The Morgan fingerprint density at radius 1 is 1.26 bits per heavy atom. The van der Waals surface area contributed by atoms with Gasteiger partial charge >= 0.3 is 0 Å². The smallest absolute Gasteiger partial charge is 0.235 e. The topological polar surface area (TPSA) is 98.7 Å². The molecule has 27 heavy (non-hydrogen) atoms. The number of aromatic nitrogens is 4. The third kappa shape index (κ3) is 2.73. The van der Waals surface area contributed by atoms with E-state index >= 15 is 0 Å². The quantitative estimate of drug-likeness (QED) is 0.742. The van der Waals surface area contributed by atoms with Crippen LogP contribution in [0.4, 0.5) is 16.0 Å². The molecule has 138 valence electrons. The molecule has 0 spiro atoms. The molecule has 4 rings (SSSR count). The zero-order valence-electron chi connectivity index (χ0n) is 15.2. The van der Waals surface area contributed by atoms with E-state index in [-0.39, 0.29) is 17.5 Å². The highest BCUT2D eigenvalue weighted by Gasteiger charge is 2.42. The molecule has 1 amide bonds. The molecule has 1 aliphatic rings. The lowest BCUT2D eigenvalue weighted by molar-refractivity contribution is -0.119. The van der Waals surface area contributed by atoms with Gasteiger partial charge in [0.1, 0.15) is 23.1 Å². The van der Waals surface area contributed by atoms with Crippen LogP contribution in [0.2, 0.25) is 0 Å². The molecule has 0 unspecified atom stereocenters. The van der Waals surface area contributed by atoms with Crippen molar-refractivity contribution in [3.63, 3.8) is 0 Å². The van der Waals surface area contributed by atoms with Gasteiger partial charge in [-0.05, 0) is 32.9 Å². The van der Waals surface area contributed by atoms with Crippen molar-refractivity contribution in [1.29, 1.82) is 0 Å². The fourth-order valence-electron chi connectivity index (χ4n) is 3.24. The number of carbonyl (C=O) groups is 1. The molecule has 0 atom stereocenters. The Labute approximate surface area is 155 Å². The first-order chi connectivity index (χ1) is 12.8. The number of fused-ring (bicyclic) bond motifs is 1. The summed E-state index contributed by atoms with van der Waals surface area (Å²) in [4.78, 5) is 20.9. The Balaban J connectivity index is 1.72. The van der Waals surface area contributed by atoms with E-state index in [1.807, 2.05) is 13.0 Å². The van der Waals surface area contributed by atoms with E-state index in [1.54, 1.807) is 36.7 Å². The SMILES string of the molecule is Cc1cc(-c2nc(N)c3c(n2)NC(=O)C3(C)C)nn1Cc1ccccc1F. The molecule has 3 N–H and O–H groups in total. The second-order valence-electron chi connectivity index (χ2n) is 7.16. The number of anilines is 2. The minimum absolute atomic E-state index is 0.170. The van der Waals surface area contributed by atoms with Crippen LogP contribution in [0.1, 0.15) is 30.7 Å². The van der Waals surface area contributed by atoms with Crippen molar-refractivity contribution in [2.75, 3.05) is 11.1 Å². The highest BCUT2D eigenvalue weighted by Crippen LogP contribution is 2.40. The number of nitrogens with one attached hydrogen (secondary N) is 1. The number of rotatable bonds is 3. The molecule has 0 fully saturated rings. The van der Waals surface area contributed by atoms with Crippen molar-refractivity contribution in [3.8, 4) is 11.5 Å². The molecule has 0 saturated carbocycles. The van der Waals surface area contributed by atoms with Crippen LogP contribution in [0.25, 0.3) is 11.5 Å². The van der Waals surface area contributed by atoms with E-state index in [4.69, 9.17) is 5.73 Å². The van der Waals surface area contributed by atoms with Crippen LogP contribution in [0, 0.1) is 12.7 Å². The summed E-state index contributed by atoms with van der Waals surface area (Å²) in [7, 11) is 0. The summed E-state index contributed by atoms with van der Waals surface area (Å²) in [5.41, 5.74) is 7.81. The lowest BCUT2D eigenvalue weighted by atomic mass is 9.87. The van der Waals surface area contributed by atoms with Gasteiger partial charge in [0.05, 0.1) is 17.5 Å². The van der Waals surface area contributed by atoms with Crippen molar-refractivity contribution >= 4 is 17.5 Å². The summed E-state index contributed by atoms with van der Waals surface area (Å²) < 4.78 is 15.6. The summed E-state index contributed by atoms with van der Waals surface area (Å²) in [6.07, 6.45) is 0. The van der Waals surface area contributed by atoms with Crippen LogP contribution >= 0.6 is 0 Å². The van der Waals surface area contributed by atoms with Crippen molar-refractivity contribution in [1.82, 2.24) is 19.7 Å². The standard InChI is InChI=1S/C19H19FN6O/c1-10-8-13(25-26(10)9-11-6-4-5-7-12(11)20)16-22-15(21)14-17(23-16)24-18(27)19(14,2)3/h4-8H,9H2,1-3H3,(H3,21,22,23,24,27). The summed E-state index contributed by atoms with van der Waals surface area (Å²) >= 11 is 0. The number of nitrogen functional groups attached to an aromatic ring is 1. The number of halogens is 1. The van der Waals surface area contributed by atoms with E-state index in [2.05, 4.69) is 20.4 Å². The molecule has 1 aromatic carbocycles. The molecule has 3 aromatic rings. The lowest BCUT2D eigenvalue weighted by Crippen LogP contribution is -2.27. The van der Waals surface area contributed by atoms with Crippen LogP contribution in [-0.4, -0.2) is 25.7 Å². The number of nitrogens with zero attached hydrogens (tertiary/aromatic N) is 4. The predicted molar refractivity (Wildman–Crippen MR) is 99.6 cm³/mol. The first-order valence-electron chi connectivity index (χ1n) is 8.55. The van der Waals surface area contributed by atoms with Gasteiger partial charge in [-0.15, -0.1) is 0 Å². The highest BCUT2D eigenvalue weighted by atomic mass is 19.1. The molecule has 3 heterocycles. The van der Waals surface area contributed by atoms with Crippen LogP contribution in [0.5, 0.6) is 0 Å². The van der Waals surface area contributed by atoms with Gasteiger partial charge in [0.2, 0.25) is 5.91 Å². The monoisotopic (exact) mass is 366 g/mol. The number of amides is 1. The average molecular weight is 366 g/mol. The Hall–Kier alpha value is -3.29. The Kier molecular flexibility index (Phi) is 3.73. The largest absolute Gasteiger partial charge is 0.383 e. The molecular weight excluding hydrogens is 347 g/mol. The summed E-state index contributed by atoms with van der Waals surface area (Å²) in [6.45, 7) is 5.73. The third-order valence-corrected chi connectivity index (χ3v) is 4.85. The maximum atomic E-state index is 13.9. The van der Waals surface area contributed by atoms with Gasteiger partial charge in [-0.3, -0.25) is 9.48 Å². The number of benzene rings is 1. The fourth-order valence-corrected chi connectivity index (χ4v) is 3.24. The second-order valence-corrected chi connectivity index (χ2v) is 7.16. The average Bonchev–Trinajstić information content (AvgIpc) is 3.07. The molecule has 0 aliphatic carbocycles. The third-order valence-electron chi connectivity index (χ3n) is 4.85. The van der Waals surface area contributed by atoms with Gasteiger partial charge < -0.3 is 11.1 Å². The Morgan fingerprint density at radius 3 is 2.74 bits per heavy atom. The van der Waals surface area contributed by atoms with Gasteiger partial charge in [-0.25, -0.2) is 14.4 Å². The Morgan fingerprint density at radius 2 is 2.00 bits per heavy atom. The van der Waals surface area contributed by atoms with Crippen LogP contribution in [0.15, 0.2) is 30.3 Å². The number of hydrogen-bond donors (Lipinski definition) is 2. The molecule has 0 bridgehead atoms. The van der Waals surface area contributed by atoms with Crippen LogP contribution < -0.4 is 11.1 Å². The van der Waals surface area contributed by atoms with Crippen molar-refractivity contribution in [2.24, 2.45) is 0 Å². The summed E-state index contributed by atoms with van der Waals surface area (Å²) in [6, 6.07) is 8.38. The molecule has 0 saturated heterocycles. The molecule has 8 heteroatoms. The van der Waals surface area contributed by atoms with Crippen molar-refractivity contribution < 1.29 is 9.18 Å². The maximum Gasteiger partial charge on any atom is 0.235 e. The second kappa shape index (κ2) is 5.87. The van der Waals surface area contributed by atoms with E-state index in [0.29, 0.717) is 35.0 Å². The van der Waals surface area contributed by atoms with Gasteiger partial charge in [-0.2, -0.15) is 5.10 Å². The summed E-state index contributed by atoms with van der Waals surface area (Å²) in [5, 5.41) is 7.25. The van der Waals surface area contributed by atoms with E-state index in [9.17, 15) is 9.18 Å². The number of nitrogens with two attached hydrogens (primary N) is 1. The van der Waals surface area contributed by atoms with Gasteiger partial charge in [0.25, 0.3) is 0 Å². The molecule has 0 radical (unpaired) electrons.